The predicted octanol–water partition coefficient (Wildman–Crippen LogP) is 9.79. The zero-order chi connectivity index (χ0) is 22.0. The quantitative estimate of drug-likeness (QED) is 0.231. The lowest BCUT2D eigenvalue weighted by Gasteiger charge is -2.33. The van der Waals surface area contributed by atoms with Crippen molar-refractivity contribution in [1.82, 2.24) is 0 Å². The summed E-state index contributed by atoms with van der Waals surface area (Å²) < 4.78 is 6.53. The van der Waals surface area contributed by atoms with Crippen LogP contribution in [-0.4, -0.2) is 0 Å². The Hall–Kier alpha value is -2.54. The number of hydrogen-bond acceptors (Lipinski definition) is 1. The van der Waals surface area contributed by atoms with Crippen LogP contribution in [0.4, 0.5) is 0 Å². The predicted molar refractivity (Wildman–Crippen MR) is 137 cm³/mol. The van der Waals surface area contributed by atoms with Gasteiger partial charge in [-0.2, -0.15) is 0 Å². The van der Waals surface area contributed by atoms with Gasteiger partial charge in [-0.3, -0.25) is 0 Å². The van der Waals surface area contributed by atoms with Crippen molar-refractivity contribution < 1.29 is 4.42 Å². The van der Waals surface area contributed by atoms with Crippen molar-refractivity contribution in [3.8, 4) is 11.1 Å². The molecule has 1 nitrogen and oxygen atoms in total. The van der Waals surface area contributed by atoms with Crippen molar-refractivity contribution in [2.24, 2.45) is 0 Å². The van der Waals surface area contributed by atoms with Crippen molar-refractivity contribution in [3.05, 3.63) is 71.8 Å². The molecule has 1 aliphatic carbocycles. The molecular weight excluding hydrogens is 388 g/mol. The molecule has 0 saturated heterocycles. The third-order valence-electron chi connectivity index (χ3n) is 7.69. The summed E-state index contributed by atoms with van der Waals surface area (Å²) >= 11 is 0. The highest BCUT2D eigenvalue weighted by Crippen LogP contribution is 2.56. The van der Waals surface area contributed by atoms with Gasteiger partial charge in [-0.1, -0.05) is 120 Å². The highest BCUT2D eigenvalue weighted by molar-refractivity contribution is 6.11. The van der Waals surface area contributed by atoms with E-state index in [0.29, 0.717) is 0 Å². The van der Waals surface area contributed by atoms with Gasteiger partial charge in [0, 0.05) is 21.8 Å². The lowest BCUT2D eigenvalue weighted by atomic mass is 9.70. The van der Waals surface area contributed by atoms with E-state index in [4.69, 9.17) is 4.42 Å². The molecule has 0 bridgehead atoms. The molecule has 0 fully saturated rings. The van der Waals surface area contributed by atoms with Crippen molar-refractivity contribution in [1.29, 1.82) is 0 Å². The molecule has 0 aliphatic heterocycles. The molecule has 1 aromatic heterocycles. The Labute approximate surface area is 192 Å². The molecule has 5 rings (SSSR count). The van der Waals surface area contributed by atoms with Crippen LogP contribution in [0.3, 0.4) is 0 Å². The molecule has 0 saturated carbocycles. The Morgan fingerprint density at radius 2 is 1.31 bits per heavy atom. The molecule has 0 amide bonds. The summed E-state index contributed by atoms with van der Waals surface area (Å²) in [6.45, 7) is 4.61. The molecule has 0 N–H and O–H groups in total. The third kappa shape index (κ3) is 3.47. The standard InChI is InChI=1S/C31H36O/c1-3-5-7-13-21-31(22-14-8-6-4-2)26-17-11-9-16-25(26)29-27(31)20-19-24-23-15-10-12-18-28(23)32-30(24)29/h9-12,15-20H,3-8,13-14,21-22H2,1-2H3. The molecule has 0 atom stereocenters. The van der Waals surface area contributed by atoms with E-state index in [1.165, 1.54) is 97.2 Å². The second-order valence-corrected chi connectivity index (χ2v) is 9.71. The Bertz CT molecular complexity index is 1200. The molecule has 3 aromatic carbocycles. The first kappa shape index (κ1) is 21.3. The van der Waals surface area contributed by atoms with Gasteiger partial charge in [-0.05, 0) is 35.6 Å². The fraction of sp³-hybridized carbons (Fsp3) is 0.419. The van der Waals surface area contributed by atoms with E-state index >= 15 is 0 Å². The molecule has 4 aromatic rings. The van der Waals surface area contributed by atoms with Gasteiger partial charge in [0.2, 0.25) is 0 Å². The van der Waals surface area contributed by atoms with Crippen molar-refractivity contribution in [2.75, 3.05) is 0 Å². The van der Waals surface area contributed by atoms with Crippen LogP contribution in [0.5, 0.6) is 0 Å². The van der Waals surface area contributed by atoms with Gasteiger partial charge in [0.25, 0.3) is 0 Å². The van der Waals surface area contributed by atoms with Gasteiger partial charge in [0.05, 0.1) is 0 Å². The van der Waals surface area contributed by atoms with Crippen LogP contribution in [-0.2, 0) is 5.41 Å². The van der Waals surface area contributed by atoms with E-state index in [2.05, 4.69) is 74.5 Å². The van der Waals surface area contributed by atoms with Crippen LogP contribution in [0.1, 0.15) is 89.2 Å². The van der Waals surface area contributed by atoms with E-state index in [-0.39, 0.29) is 5.41 Å². The second kappa shape index (κ2) is 9.14. The van der Waals surface area contributed by atoms with E-state index in [0.717, 1.165) is 11.2 Å². The number of hydrogen-bond donors (Lipinski definition) is 0. The first-order valence-electron chi connectivity index (χ1n) is 12.8. The lowest BCUT2D eigenvalue weighted by Crippen LogP contribution is -2.25. The lowest BCUT2D eigenvalue weighted by molar-refractivity contribution is 0.401. The summed E-state index contributed by atoms with van der Waals surface area (Å²) in [6, 6.07) is 22.4. The molecule has 1 aliphatic rings. The summed E-state index contributed by atoms with van der Waals surface area (Å²) in [5.41, 5.74) is 8.02. The summed E-state index contributed by atoms with van der Waals surface area (Å²) in [6.07, 6.45) is 13.0. The van der Waals surface area contributed by atoms with Crippen molar-refractivity contribution in [2.45, 2.75) is 83.5 Å². The number of para-hydroxylation sites is 1. The fourth-order valence-corrected chi connectivity index (χ4v) is 6.09. The van der Waals surface area contributed by atoms with E-state index < -0.39 is 0 Å². The Balaban J connectivity index is 1.68. The van der Waals surface area contributed by atoms with Crippen molar-refractivity contribution >= 4 is 21.9 Å². The Kier molecular flexibility index (Phi) is 6.09. The zero-order valence-electron chi connectivity index (χ0n) is 19.8. The number of furan rings is 1. The summed E-state index contributed by atoms with van der Waals surface area (Å²) in [5, 5.41) is 2.48. The van der Waals surface area contributed by atoms with Gasteiger partial charge in [-0.25, -0.2) is 0 Å². The highest BCUT2D eigenvalue weighted by Gasteiger charge is 2.43. The number of unbranched alkanes of at least 4 members (excludes halogenated alkanes) is 6. The first-order chi connectivity index (χ1) is 15.8. The molecule has 1 heterocycles. The van der Waals surface area contributed by atoms with E-state index in [1.807, 2.05) is 0 Å². The second-order valence-electron chi connectivity index (χ2n) is 9.71. The highest BCUT2D eigenvalue weighted by atomic mass is 16.3. The topological polar surface area (TPSA) is 13.1 Å². The monoisotopic (exact) mass is 424 g/mol. The van der Waals surface area contributed by atoms with Gasteiger partial charge >= 0.3 is 0 Å². The van der Waals surface area contributed by atoms with Crippen LogP contribution in [0.25, 0.3) is 33.1 Å². The summed E-state index contributed by atoms with van der Waals surface area (Å²) in [4.78, 5) is 0. The smallest absolute Gasteiger partial charge is 0.143 e. The van der Waals surface area contributed by atoms with Crippen LogP contribution in [0.2, 0.25) is 0 Å². The van der Waals surface area contributed by atoms with E-state index in [9.17, 15) is 0 Å². The van der Waals surface area contributed by atoms with Crippen LogP contribution in [0, 0.1) is 0 Å². The van der Waals surface area contributed by atoms with Gasteiger partial charge in [-0.15, -0.1) is 0 Å². The molecule has 32 heavy (non-hydrogen) atoms. The maximum atomic E-state index is 6.53. The average molecular weight is 425 g/mol. The number of rotatable bonds is 10. The SMILES string of the molecule is CCCCCCC1(CCCCCC)c2ccccc2-c2c1ccc1c2oc2ccccc21. The summed E-state index contributed by atoms with van der Waals surface area (Å²) in [7, 11) is 0. The molecule has 0 spiro atoms. The van der Waals surface area contributed by atoms with Crippen LogP contribution in [0.15, 0.2) is 65.1 Å². The number of fused-ring (bicyclic) bond motifs is 7. The van der Waals surface area contributed by atoms with Crippen LogP contribution >= 0.6 is 0 Å². The molecule has 166 valence electrons. The minimum absolute atomic E-state index is 0.126. The fourth-order valence-electron chi connectivity index (χ4n) is 6.09. The van der Waals surface area contributed by atoms with E-state index in [1.54, 1.807) is 0 Å². The molecular formula is C31H36O. The minimum atomic E-state index is 0.126. The molecule has 0 radical (unpaired) electrons. The third-order valence-corrected chi connectivity index (χ3v) is 7.69. The first-order valence-corrected chi connectivity index (χ1v) is 12.8. The maximum absolute atomic E-state index is 6.53. The molecule has 1 heteroatoms. The van der Waals surface area contributed by atoms with Gasteiger partial charge in [0.15, 0.2) is 0 Å². The average Bonchev–Trinajstić information content (AvgIpc) is 3.34. The van der Waals surface area contributed by atoms with Gasteiger partial charge in [0.1, 0.15) is 11.2 Å². The minimum Gasteiger partial charge on any atom is -0.455 e. The summed E-state index contributed by atoms with van der Waals surface area (Å²) in [5.74, 6) is 0. The van der Waals surface area contributed by atoms with Gasteiger partial charge < -0.3 is 4.42 Å². The maximum Gasteiger partial charge on any atom is 0.143 e. The van der Waals surface area contributed by atoms with Crippen molar-refractivity contribution in [3.63, 3.8) is 0 Å². The molecule has 0 unspecified atom stereocenters. The zero-order valence-corrected chi connectivity index (χ0v) is 19.8. The normalized spacial score (nSPS) is 14.2. The Morgan fingerprint density at radius 1 is 0.625 bits per heavy atom. The number of benzene rings is 3. The Morgan fingerprint density at radius 3 is 2.06 bits per heavy atom. The van der Waals surface area contributed by atoms with Crippen LogP contribution < -0.4 is 0 Å². The largest absolute Gasteiger partial charge is 0.455 e.